The number of rotatable bonds is 3. The summed E-state index contributed by atoms with van der Waals surface area (Å²) >= 11 is 3.13. The molecule has 0 saturated carbocycles. The van der Waals surface area contributed by atoms with E-state index in [9.17, 15) is 10.1 Å². The van der Waals surface area contributed by atoms with Crippen LogP contribution < -0.4 is 10.5 Å². The number of ether oxygens (including phenoxy) is 1. The van der Waals surface area contributed by atoms with Crippen molar-refractivity contribution in [3.63, 3.8) is 0 Å². The zero-order chi connectivity index (χ0) is 10.7. The van der Waals surface area contributed by atoms with Crippen LogP contribution in [0.3, 0.4) is 0 Å². The maximum Gasteiger partial charge on any atom is 0.287 e. The van der Waals surface area contributed by atoms with Crippen molar-refractivity contribution in [1.29, 1.82) is 0 Å². The molecule has 0 atom stereocenters. The third kappa shape index (κ3) is 2.02. The van der Waals surface area contributed by atoms with Crippen LogP contribution in [0.25, 0.3) is 0 Å². The fourth-order valence-electron chi connectivity index (χ4n) is 1.04. The summed E-state index contributed by atoms with van der Waals surface area (Å²) in [5.74, 6) is 0.431. The molecule has 0 aliphatic rings. The van der Waals surface area contributed by atoms with Crippen LogP contribution in [0.15, 0.2) is 16.6 Å². The SMILES string of the molecule is COc1cc(CN)c(Br)c([N+](=O)[O-])c1. The van der Waals surface area contributed by atoms with E-state index in [0.29, 0.717) is 15.8 Å². The summed E-state index contributed by atoms with van der Waals surface area (Å²) in [6, 6.07) is 3.01. The van der Waals surface area contributed by atoms with E-state index in [-0.39, 0.29) is 12.2 Å². The number of hydrogen-bond acceptors (Lipinski definition) is 4. The van der Waals surface area contributed by atoms with E-state index in [1.54, 1.807) is 6.07 Å². The van der Waals surface area contributed by atoms with E-state index >= 15 is 0 Å². The van der Waals surface area contributed by atoms with Crippen molar-refractivity contribution in [3.8, 4) is 5.75 Å². The largest absolute Gasteiger partial charge is 0.496 e. The first-order chi connectivity index (χ1) is 6.60. The topological polar surface area (TPSA) is 78.4 Å². The predicted molar refractivity (Wildman–Crippen MR) is 55.2 cm³/mol. The highest BCUT2D eigenvalue weighted by atomic mass is 79.9. The second kappa shape index (κ2) is 4.39. The number of nitro groups is 1. The molecule has 0 radical (unpaired) electrons. The lowest BCUT2D eigenvalue weighted by atomic mass is 10.2. The predicted octanol–water partition coefficient (Wildman–Crippen LogP) is 1.82. The van der Waals surface area contributed by atoms with E-state index in [1.165, 1.54) is 13.2 Å². The second-order valence-electron chi connectivity index (χ2n) is 2.58. The third-order valence-corrected chi connectivity index (χ3v) is 2.67. The average molecular weight is 261 g/mol. The molecule has 0 bridgehead atoms. The van der Waals surface area contributed by atoms with Crippen LogP contribution >= 0.6 is 15.9 Å². The lowest BCUT2D eigenvalue weighted by Crippen LogP contribution is -2.01. The lowest BCUT2D eigenvalue weighted by Gasteiger charge is -2.05. The van der Waals surface area contributed by atoms with Gasteiger partial charge in [0.15, 0.2) is 0 Å². The van der Waals surface area contributed by atoms with Gasteiger partial charge in [-0.2, -0.15) is 0 Å². The van der Waals surface area contributed by atoms with Crippen LogP contribution in [0.5, 0.6) is 5.75 Å². The van der Waals surface area contributed by atoms with Crippen LogP contribution in [0.2, 0.25) is 0 Å². The number of hydrogen-bond donors (Lipinski definition) is 1. The first kappa shape index (κ1) is 10.9. The minimum atomic E-state index is -0.480. The van der Waals surface area contributed by atoms with Crippen molar-refractivity contribution in [2.24, 2.45) is 5.73 Å². The van der Waals surface area contributed by atoms with Crippen LogP contribution in [0, 0.1) is 10.1 Å². The molecule has 0 amide bonds. The minimum Gasteiger partial charge on any atom is -0.496 e. The summed E-state index contributed by atoms with van der Waals surface area (Å²) in [7, 11) is 1.45. The molecular formula is C8H9BrN2O3. The monoisotopic (exact) mass is 260 g/mol. The van der Waals surface area contributed by atoms with Gasteiger partial charge in [0.2, 0.25) is 0 Å². The smallest absolute Gasteiger partial charge is 0.287 e. The van der Waals surface area contributed by atoms with Crippen LogP contribution in [-0.2, 0) is 6.54 Å². The first-order valence-corrected chi connectivity index (χ1v) is 4.60. The summed E-state index contributed by atoms with van der Waals surface area (Å²) in [6.07, 6.45) is 0. The van der Waals surface area contributed by atoms with Gasteiger partial charge in [-0.25, -0.2) is 0 Å². The van der Waals surface area contributed by atoms with Crippen LogP contribution in [0.4, 0.5) is 5.69 Å². The molecule has 0 unspecified atom stereocenters. The molecule has 1 aromatic rings. The molecule has 2 N–H and O–H groups in total. The first-order valence-electron chi connectivity index (χ1n) is 3.81. The van der Waals surface area contributed by atoms with E-state index < -0.39 is 4.92 Å². The molecule has 0 aliphatic heterocycles. The number of nitrogens with two attached hydrogens (primary N) is 1. The second-order valence-corrected chi connectivity index (χ2v) is 3.37. The van der Waals surface area contributed by atoms with Gasteiger partial charge in [0.25, 0.3) is 5.69 Å². The standard InChI is InChI=1S/C8H9BrN2O3/c1-14-6-2-5(4-10)8(9)7(3-6)11(12)13/h2-3H,4,10H2,1H3. The van der Waals surface area contributed by atoms with Gasteiger partial charge in [-0.1, -0.05) is 0 Å². The van der Waals surface area contributed by atoms with Crippen molar-refractivity contribution in [2.45, 2.75) is 6.54 Å². The Kier molecular flexibility index (Phi) is 3.43. The molecule has 5 nitrogen and oxygen atoms in total. The Labute approximate surface area is 89.1 Å². The minimum absolute atomic E-state index is 0.0372. The number of benzene rings is 1. The fraction of sp³-hybridized carbons (Fsp3) is 0.250. The zero-order valence-corrected chi connectivity index (χ0v) is 9.08. The van der Waals surface area contributed by atoms with Gasteiger partial charge in [-0.05, 0) is 27.6 Å². The van der Waals surface area contributed by atoms with Gasteiger partial charge in [0.05, 0.1) is 22.6 Å². The van der Waals surface area contributed by atoms with Gasteiger partial charge in [0, 0.05) is 6.54 Å². The molecule has 76 valence electrons. The van der Waals surface area contributed by atoms with Gasteiger partial charge >= 0.3 is 0 Å². The van der Waals surface area contributed by atoms with Gasteiger partial charge in [-0.3, -0.25) is 10.1 Å². The van der Waals surface area contributed by atoms with Crippen molar-refractivity contribution < 1.29 is 9.66 Å². The molecule has 0 aromatic heterocycles. The number of halogens is 1. The number of nitro benzene ring substituents is 1. The zero-order valence-electron chi connectivity index (χ0n) is 7.49. The number of methoxy groups -OCH3 is 1. The van der Waals surface area contributed by atoms with Crippen molar-refractivity contribution in [1.82, 2.24) is 0 Å². The van der Waals surface area contributed by atoms with Crippen molar-refractivity contribution >= 4 is 21.6 Å². The molecule has 14 heavy (non-hydrogen) atoms. The normalized spacial score (nSPS) is 9.93. The molecule has 0 spiro atoms. The maximum atomic E-state index is 10.6. The van der Waals surface area contributed by atoms with Crippen LogP contribution in [0.1, 0.15) is 5.56 Å². The molecule has 1 rings (SSSR count). The average Bonchev–Trinajstić information content (AvgIpc) is 2.17. The Morgan fingerprint density at radius 1 is 1.64 bits per heavy atom. The van der Waals surface area contributed by atoms with Gasteiger partial charge in [0.1, 0.15) is 5.75 Å². The van der Waals surface area contributed by atoms with Gasteiger partial charge in [-0.15, -0.1) is 0 Å². The van der Waals surface area contributed by atoms with E-state index in [2.05, 4.69) is 15.9 Å². The lowest BCUT2D eigenvalue weighted by molar-refractivity contribution is -0.385. The highest BCUT2D eigenvalue weighted by molar-refractivity contribution is 9.10. The summed E-state index contributed by atoms with van der Waals surface area (Å²) < 4.78 is 5.33. The summed E-state index contributed by atoms with van der Waals surface area (Å²) in [5.41, 5.74) is 6.05. The Balaban J connectivity index is 3.34. The summed E-state index contributed by atoms with van der Waals surface area (Å²) in [5, 5.41) is 10.6. The molecule has 0 heterocycles. The van der Waals surface area contributed by atoms with Gasteiger partial charge < -0.3 is 10.5 Å². The molecule has 6 heteroatoms. The quantitative estimate of drug-likeness (QED) is 0.664. The van der Waals surface area contributed by atoms with Crippen molar-refractivity contribution in [2.75, 3.05) is 7.11 Å². The molecular weight excluding hydrogens is 252 g/mol. The van der Waals surface area contributed by atoms with Crippen molar-refractivity contribution in [3.05, 3.63) is 32.3 Å². The molecule has 0 fully saturated rings. The Hall–Kier alpha value is -1.14. The Morgan fingerprint density at radius 3 is 2.71 bits per heavy atom. The highest BCUT2D eigenvalue weighted by Crippen LogP contribution is 2.32. The molecule has 0 saturated heterocycles. The maximum absolute atomic E-state index is 10.6. The Morgan fingerprint density at radius 2 is 2.29 bits per heavy atom. The van der Waals surface area contributed by atoms with Crippen LogP contribution in [-0.4, -0.2) is 12.0 Å². The Bertz CT molecular complexity index is 368. The molecule has 0 aliphatic carbocycles. The summed E-state index contributed by atoms with van der Waals surface area (Å²) in [4.78, 5) is 10.2. The summed E-state index contributed by atoms with van der Waals surface area (Å²) in [6.45, 7) is 0.221. The molecule has 1 aromatic carbocycles. The van der Waals surface area contributed by atoms with E-state index in [1.807, 2.05) is 0 Å². The third-order valence-electron chi connectivity index (χ3n) is 1.75. The van der Waals surface area contributed by atoms with E-state index in [0.717, 1.165) is 0 Å². The fourth-order valence-corrected chi connectivity index (χ4v) is 1.57. The number of nitrogens with zero attached hydrogens (tertiary/aromatic N) is 1. The highest BCUT2D eigenvalue weighted by Gasteiger charge is 2.16. The van der Waals surface area contributed by atoms with E-state index in [4.69, 9.17) is 10.5 Å².